The summed E-state index contributed by atoms with van der Waals surface area (Å²) in [6, 6.07) is 7.55. The van der Waals surface area contributed by atoms with Crippen LogP contribution in [0.3, 0.4) is 0 Å². The fourth-order valence-corrected chi connectivity index (χ4v) is 1.75. The second-order valence-corrected chi connectivity index (χ2v) is 4.65. The van der Waals surface area contributed by atoms with Crippen LogP contribution in [0.1, 0.15) is 36.0 Å². The van der Waals surface area contributed by atoms with Gasteiger partial charge in [-0.2, -0.15) is 0 Å². The highest BCUT2D eigenvalue weighted by atomic mass is 16.5. The fraction of sp³-hybridized carbons (Fsp3) is 0.467. The third-order valence-electron chi connectivity index (χ3n) is 2.97. The van der Waals surface area contributed by atoms with Gasteiger partial charge in [0, 0.05) is 38.2 Å². The minimum atomic E-state index is -0.220. The number of unbranched alkanes of at least 4 members (excludes halogenated alkanes) is 1. The monoisotopic (exact) mass is 263 g/mol. The third kappa shape index (κ3) is 5.12. The van der Waals surface area contributed by atoms with Gasteiger partial charge in [-0.1, -0.05) is 0 Å². The number of nitrogens with zero attached hydrogens (tertiary/aromatic N) is 1. The molecule has 1 aromatic carbocycles. The summed E-state index contributed by atoms with van der Waals surface area (Å²) in [5.41, 5.74) is 1.80. The minimum Gasteiger partial charge on any atom is -0.469 e. The molecule has 0 saturated heterocycles. The van der Waals surface area contributed by atoms with Crippen LogP contribution < -0.4 is 4.90 Å². The smallest absolute Gasteiger partial charge is 0.305 e. The molecule has 0 amide bonds. The Morgan fingerprint density at radius 3 is 2.16 bits per heavy atom. The van der Waals surface area contributed by atoms with Gasteiger partial charge in [-0.3, -0.25) is 9.59 Å². The van der Waals surface area contributed by atoms with E-state index in [2.05, 4.69) is 4.74 Å². The van der Waals surface area contributed by atoms with E-state index >= 15 is 0 Å². The molecule has 0 spiro atoms. The average molecular weight is 263 g/mol. The lowest BCUT2D eigenvalue weighted by Crippen LogP contribution is -2.09. The second kappa shape index (κ2) is 7.56. The van der Waals surface area contributed by atoms with Crippen LogP contribution in [-0.2, 0) is 9.53 Å². The largest absolute Gasteiger partial charge is 0.469 e. The Morgan fingerprint density at radius 1 is 1.05 bits per heavy atom. The van der Waals surface area contributed by atoms with Gasteiger partial charge < -0.3 is 9.64 Å². The Bertz CT molecular complexity index is 424. The molecule has 4 heteroatoms. The van der Waals surface area contributed by atoms with Crippen LogP contribution in [0.5, 0.6) is 0 Å². The minimum absolute atomic E-state index is 0.121. The van der Waals surface area contributed by atoms with Crippen molar-refractivity contribution in [1.29, 1.82) is 0 Å². The van der Waals surface area contributed by atoms with Crippen LogP contribution in [-0.4, -0.2) is 33.0 Å². The number of Topliss-reactive ketones (excluding diaryl/α,β-unsaturated/α-hetero) is 1. The number of esters is 1. The summed E-state index contributed by atoms with van der Waals surface area (Å²) in [7, 11) is 5.30. The van der Waals surface area contributed by atoms with Crippen molar-refractivity contribution in [3.05, 3.63) is 29.8 Å². The summed E-state index contributed by atoms with van der Waals surface area (Å²) in [5, 5.41) is 0. The Balaban J connectivity index is 2.39. The molecule has 0 aliphatic carbocycles. The lowest BCUT2D eigenvalue weighted by Gasteiger charge is -2.12. The van der Waals surface area contributed by atoms with E-state index in [9.17, 15) is 9.59 Å². The van der Waals surface area contributed by atoms with Crippen molar-refractivity contribution in [1.82, 2.24) is 0 Å². The van der Waals surface area contributed by atoms with Crippen molar-refractivity contribution in [3.8, 4) is 0 Å². The summed E-state index contributed by atoms with van der Waals surface area (Å²) in [5.74, 6) is -0.0991. The summed E-state index contributed by atoms with van der Waals surface area (Å²) in [4.78, 5) is 24.8. The maximum atomic E-state index is 11.9. The summed E-state index contributed by atoms with van der Waals surface area (Å²) in [6.07, 6.45) is 2.25. The first-order valence-electron chi connectivity index (χ1n) is 6.42. The van der Waals surface area contributed by atoms with E-state index in [1.165, 1.54) is 7.11 Å². The van der Waals surface area contributed by atoms with E-state index in [-0.39, 0.29) is 11.8 Å². The van der Waals surface area contributed by atoms with E-state index < -0.39 is 0 Å². The highest BCUT2D eigenvalue weighted by Crippen LogP contribution is 2.14. The normalized spacial score (nSPS) is 10.1. The molecule has 0 aromatic heterocycles. The zero-order chi connectivity index (χ0) is 14.3. The molecular weight excluding hydrogens is 242 g/mol. The Morgan fingerprint density at radius 2 is 1.63 bits per heavy atom. The van der Waals surface area contributed by atoms with E-state index in [0.29, 0.717) is 25.7 Å². The van der Waals surface area contributed by atoms with Gasteiger partial charge in [0.05, 0.1) is 7.11 Å². The summed E-state index contributed by atoms with van der Waals surface area (Å²) in [6.45, 7) is 0. The Kier molecular flexibility index (Phi) is 6.06. The number of anilines is 1. The maximum absolute atomic E-state index is 11.9. The van der Waals surface area contributed by atoms with E-state index in [1.54, 1.807) is 0 Å². The zero-order valence-corrected chi connectivity index (χ0v) is 11.8. The van der Waals surface area contributed by atoms with Crippen molar-refractivity contribution in [2.24, 2.45) is 0 Å². The van der Waals surface area contributed by atoms with Gasteiger partial charge in [-0.15, -0.1) is 0 Å². The molecule has 0 unspecified atom stereocenters. The predicted octanol–water partition coefficient (Wildman–Crippen LogP) is 2.67. The number of ether oxygens (including phenoxy) is 1. The molecule has 0 N–H and O–H groups in total. The van der Waals surface area contributed by atoms with Gasteiger partial charge in [0.1, 0.15) is 0 Å². The van der Waals surface area contributed by atoms with Gasteiger partial charge in [-0.25, -0.2) is 0 Å². The molecule has 19 heavy (non-hydrogen) atoms. The summed E-state index contributed by atoms with van der Waals surface area (Å²) < 4.78 is 4.55. The van der Waals surface area contributed by atoms with Crippen LogP contribution in [0.2, 0.25) is 0 Å². The summed E-state index contributed by atoms with van der Waals surface area (Å²) >= 11 is 0. The first-order valence-corrected chi connectivity index (χ1v) is 6.42. The van der Waals surface area contributed by atoms with Crippen LogP contribution in [0.15, 0.2) is 24.3 Å². The van der Waals surface area contributed by atoms with Crippen LogP contribution in [0.25, 0.3) is 0 Å². The number of hydrogen-bond donors (Lipinski definition) is 0. The number of methoxy groups -OCH3 is 1. The molecule has 0 heterocycles. The lowest BCUT2D eigenvalue weighted by atomic mass is 10.0. The number of benzene rings is 1. The maximum Gasteiger partial charge on any atom is 0.305 e. The van der Waals surface area contributed by atoms with Crippen molar-refractivity contribution in [2.45, 2.75) is 25.7 Å². The molecule has 0 fully saturated rings. The predicted molar refractivity (Wildman–Crippen MR) is 75.6 cm³/mol. The van der Waals surface area contributed by atoms with Gasteiger partial charge in [0.25, 0.3) is 0 Å². The van der Waals surface area contributed by atoms with Crippen LogP contribution in [0, 0.1) is 0 Å². The van der Waals surface area contributed by atoms with Crippen molar-refractivity contribution < 1.29 is 14.3 Å². The van der Waals surface area contributed by atoms with Crippen LogP contribution in [0.4, 0.5) is 5.69 Å². The number of carbonyl (C=O) groups excluding carboxylic acids is 2. The fourth-order valence-electron chi connectivity index (χ4n) is 1.75. The molecule has 1 rings (SSSR count). The van der Waals surface area contributed by atoms with Crippen molar-refractivity contribution >= 4 is 17.4 Å². The zero-order valence-electron chi connectivity index (χ0n) is 11.8. The van der Waals surface area contributed by atoms with Crippen molar-refractivity contribution in [3.63, 3.8) is 0 Å². The first-order chi connectivity index (χ1) is 9.04. The lowest BCUT2D eigenvalue weighted by molar-refractivity contribution is -0.140. The SMILES string of the molecule is COC(=O)CCCCC(=O)c1ccc(N(C)C)cc1. The number of carbonyl (C=O) groups is 2. The van der Waals surface area contributed by atoms with E-state index in [4.69, 9.17) is 0 Å². The molecule has 4 nitrogen and oxygen atoms in total. The van der Waals surface area contributed by atoms with E-state index in [0.717, 1.165) is 11.3 Å². The first kappa shape index (κ1) is 15.2. The molecule has 0 saturated carbocycles. The molecule has 0 aliphatic rings. The molecule has 0 radical (unpaired) electrons. The standard InChI is InChI=1S/C15H21NO3/c1-16(2)13-10-8-12(9-11-13)14(17)6-4-5-7-15(18)19-3/h8-11H,4-7H2,1-3H3. The van der Waals surface area contributed by atoms with Gasteiger partial charge in [-0.05, 0) is 37.1 Å². The molecule has 0 aliphatic heterocycles. The topological polar surface area (TPSA) is 46.6 Å². The van der Waals surface area contributed by atoms with Gasteiger partial charge in [0.15, 0.2) is 5.78 Å². The number of ketones is 1. The van der Waals surface area contributed by atoms with Crippen LogP contribution >= 0.6 is 0 Å². The Labute approximate surface area is 114 Å². The van der Waals surface area contributed by atoms with Gasteiger partial charge in [0.2, 0.25) is 0 Å². The average Bonchev–Trinajstić information content (AvgIpc) is 2.43. The number of rotatable bonds is 7. The highest BCUT2D eigenvalue weighted by Gasteiger charge is 2.07. The molecular formula is C15H21NO3. The van der Waals surface area contributed by atoms with E-state index in [1.807, 2.05) is 43.3 Å². The molecule has 104 valence electrons. The Hall–Kier alpha value is -1.84. The molecule has 1 aromatic rings. The molecule has 0 atom stereocenters. The number of hydrogen-bond acceptors (Lipinski definition) is 4. The van der Waals surface area contributed by atoms with Gasteiger partial charge >= 0.3 is 5.97 Å². The molecule has 0 bridgehead atoms. The third-order valence-corrected chi connectivity index (χ3v) is 2.97. The van der Waals surface area contributed by atoms with Crippen molar-refractivity contribution in [2.75, 3.05) is 26.1 Å². The quantitative estimate of drug-likeness (QED) is 0.431. The second-order valence-electron chi connectivity index (χ2n) is 4.65. The highest BCUT2D eigenvalue weighted by molar-refractivity contribution is 5.96.